The molecule has 0 bridgehead atoms. The summed E-state index contributed by atoms with van der Waals surface area (Å²) in [5.41, 5.74) is 0.122. The van der Waals surface area contributed by atoms with Crippen molar-refractivity contribution in [1.29, 1.82) is 0 Å². The van der Waals surface area contributed by atoms with E-state index in [2.05, 4.69) is 19.3 Å². The molecule has 1 saturated heterocycles. The topological polar surface area (TPSA) is 21.3 Å². The highest BCUT2D eigenvalue weighted by Crippen LogP contribution is 2.38. The van der Waals surface area contributed by atoms with Crippen LogP contribution in [0.25, 0.3) is 0 Å². The van der Waals surface area contributed by atoms with Crippen LogP contribution in [0, 0.1) is 5.92 Å². The summed E-state index contributed by atoms with van der Waals surface area (Å²) in [6.45, 7) is 3.23. The van der Waals surface area contributed by atoms with Gasteiger partial charge in [-0.05, 0) is 39.2 Å². The highest BCUT2D eigenvalue weighted by molar-refractivity contribution is 4.94. The monoisotopic (exact) mass is 183 g/mol. The van der Waals surface area contributed by atoms with E-state index in [0.29, 0.717) is 6.04 Å². The van der Waals surface area contributed by atoms with Gasteiger partial charge in [0, 0.05) is 12.6 Å². The van der Waals surface area contributed by atoms with E-state index in [1.807, 2.05) is 0 Å². The average molecular weight is 183 g/mol. The van der Waals surface area contributed by atoms with Gasteiger partial charge in [0.15, 0.2) is 0 Å². The predicted octanol–water partition coefficient (Wildman–Crippen LogP) is 1.94. The third kappa shape index (κ3) is 2.05. The second-order valence-electron chi connectivity index (χ2n) is 4.79. The minimum atomic E-state index is 0.122. The summed E-state index contributed by atoms with van der Waals surface area (Å²) in [5.74, 6) is 0.985. The van der Waals surface area contributed by atoms with Gasteiger partial charge in [0.25, 0.3) is 0 Å². The Morgan fingerprint density at radius 2 is 2.31 bits per heavy atom. The Balaban J connectivity index is 1.92. The normalized spacial score (nSPS) is 36.5. The van der Waals surface area contributed by atoms with Crippen LogP contribution in [0.15, 0.2) is 0 Å². The number of ether oxygens (including phenoxy) is 1. The second kappa shape index (κ2) is 3.58. The Hall–Kier alpha value is -0.0800. The molecular weight excluding hydrogens is 162 g/mol. The van der Waals surface area contributed by atoms with E-state index in [1.165, 1.54) is 32.1 Å². The average Bonchev–Trinajstić information content (AvgIpc) is 2.84. The molecule has 0 aromatic heterocycles. The van der Waals surface area contributed by atoms with E-state index in [4.69, 9.17) is 4.74 Å². The standard InChI is InChI=1S/C11H21NO/c1-11(6-3-7-13-11)10(12-2)8-9-4-5-9/h9-10,12H,3-8H2,1-2H3. The van der Waals surface area contributed by atoms with Crippen LogP contribution in [0.2, 0.25) is 0 Å². The van der Waals surface area contributed by atoms with Gasteiger partial charge in [-0.15, -0.1) is 0 Å². The second-order valence-corrected chi connectivity index (χ2v) is 4.79. The molecule has 0 aromatic carbocycles. The number of nitrogens with one attached hydrogen (secondary N) is 1. The smallest absolute Gasteiger partial charge is 0.0807 e. The van der Waals surface area contributed by atoms with Gasteiger partial charge in [0.1, 0.15) is 0 Å². The number of hydrogen-bond acceptors (Lipinski definition) is 2. The van der Waals surface area contributed by atoms with E-state index in [0.717, 1.165) is 12.5 Å². The molecule has 0 aromatic rings. The van der Waals surface area contributed by atoms with Crippen molar-refractivity contribution in [2.24, 2.45) is 5.92 Å². The molecule has 2 atom stereocenters. The molecule has 2 heteroatoms. The van der Waals surface area contributed by atoms with Crippen LogP contribution in [0.4, 0.5) is 0 Å². The number of likely N-dealkylation sites (N-methyl/N-ethyl adjacent to an activating group) is 1. The van der Waals surface area contributed by atoms with Crippen LogP contribution in [0.3, 0.4) is 0 Å². The van der Waals surface area contributed by atoms with Crippen molar-refractivity contribution in [2.75, 3.05) is 13.7 Å². The molecule has 1 saturated carbocycles. The van der Waals surface area contributed by atoms with E-state index >= 15 is 0 Å². The zero-order valence-corrected chi connectivity index (χ0v) is 8.81. The molecule has 1 aliphatic carbocycles. The molecule has 2 rings (SSSR count). The molecule has 2 nitrogen and oxygen atoms in total. The lowest BCUT2D eigenvalue weighted by molar-refractivity contribution is -0.0132. The molecule has 76 valence electrons. The van der Waals surface area contributed by atoms with E-state index in [1.54, 1.807) is 0 Å². The highest BCUT2D eigenvalue weighted by atomic mass is 16.5. The Kier molecular flexibility index (Phi) is 2.61. The van der Waals surface area contributed by atoms with E-state index in [-0.39, 0.29) is 5.60 Å². The maximum atomic E-state index is 5.86. The molecule has 13 heavy (non-hydrogen) atoms. The van der Waals surface area contributed by atoms with Crippen molar-refractivity contribution in [3.8, 4) is 0 Å². The van der Waals surface area contributed by atoms with Crippen molar-refractivity contribution in [1.82, 2.24) is 5.32 Å². The first-order valence-electron chi connectivity index (χ1n) is 5.56. The summed E-state index contributed by atoms with van der Waals surface area (Å²) in [5, 5.41) is 3.43. The molecule has 0 amide bonds. The van der Waals surface area contributed by atoms with Gasteiger partial charge in [-0.3, -0.25) is 0 Å². The lowest BCUT2D eigenvalue weighted by atomic mass is 9.89. The molecule has 1 heterocycles. The fourth-order valence-corrected chi connectivity index (χ4v) is 2.43. The van der Waals surface area contributed by atoms with Crippen molar-refractivity contribution >= 4 is 0 Å². The zero-order chi connectivity index (χ0) is 9.31. The van der Waals surface area contributed by atoms with Gasteiger partial charge in [-0.1, -0.05) is 12.8 Å². The Morgan fingerprint density at radius 1 is 1.54 bits per heavy atom. The zero-order valence-electron chi connectivity index (χ0n) is 8.81. The largest absolute Gasteiger partial charge is 0.374 e. The van der Waals surface area contributed by atoms with Crippen LogP contribution in [-0.2, 0) is 4.74 Å². The van der Waals surface area contributed by atoms with Crippen molar-refractivity contribution in [3.05, 3.63) is 0 Å². The Labute approximate surface area is 81.0 Å². The molecule has 2 aliphatic rings. The Morgan fingerprint density at radius 3 is 2.77 bits per heavy atom. The maximum absolute atomic E-state index is 5.86. The third-order valence-corrected chi connectivity index (χ3v) is 3.60. The van der Waals surface area contributed by atoms with Gasteiger partial charge in [0.05, 0.1) is 5.60 Å². The summed E-state index contributed by atoms with van der Waals surface area (Å²) < 4.78 is 5.86. The van der Waals surface area contributed by atoms with Gasteiger partial charge >= 0.3 is 0 Å². The van der Waals surface area contributed by atoms with Crippen molar-refractivity contribution in [3.63, 3.8) is 0 Å². The first kappa shape index (κ1) is 9.47. The molecule has 1 aliphatic heterocycles. The predicted molar refractivity (Wildman–Crippen MR) is 53.8 cm³/mol. The fourth-order valence-electron chi connectivity index (χ4n) is 2.43. The number of rotatable bonds is 4. The van der Waals surface area contributed by atoms with Gasteiger partial charge in [0.2, 0.25) is 0 Å². The van der Waals surface area contributed by atoms with Crippen LogP contribution in [0.1, 0.15) is 39.0 Å². The summed E-state index contributed by atoms with van der Waals surface area (Å²) in [6.07, 6.45) is 6.65. The Bertz CT molecular complexity index is 171. The SMILES string of the molecule is CNC(CC1CC1)C1(C)CCCO1. The molecule has 0 radical (unpaired) electrons. The number of hydrogen-bond donors (Lipinski definition) is 1. The quantitative estimate of drug-likeness (QED) is 0.719. The first-order valence-corrected chi connectivity index (χ1v) is 5.56. The lowest BCUT2D eigenvalue weighted by Crippen LogP contribution is -2.47. The van der Waals surface area contributed by atoms with E-state index < -0.39 is 0 Å². The first-order chi connectivity index (χ1) is 6.24. The lowest BCUT2D eigenvalue weighted by Gasteiger charge is -2.33. The van der Waals surface area contributed by atoms with Crippen LogP contribution in [0.5, 0.6) is 0 Å². The molecule has 0 spiro atoms. The third-order valence-electron chi connectivity index (χ3n) is 3.60. The molecule has 1 N–H and O–H groups in total. The molecule has 2 fully saturated rings. The van der Waals surface area contributed by atoms with Crippen LogP contribution < -0.4 is 5.32 Å². The van der Waals surface area contributed by atoms with E-state index in [9.17, 15) is 0 Å². The summed E-state index contributed by atoms with van der Waals surface area (Å²) in [7, 11) is 2.07. The van der Waals surface area contributed by atoms with Gasteiger partial charge in [-0.25, -0.2) is 0 Å². The fraction of sp³-hybridized carbons (Fsp3) is 1.00. The summed E-state index contributed by atoms with van der Waals surface area (Å²) in [4.78, 5) is 0. The van der Waals surface area contributed by atoms with Crippen LogP contribution >= 0.6 is 0 Å². The molecule has 2 unspecified atom stereocenters. The minimum Gasteiger partial charge on any atom is -0.374 e. The summed E-state index contributed by atoms with van der Waals surface area (Å²) in [6, 6.07) is 0.572. The maximum Gasteiger partial charge on any atom is 0.0807 e. The highest BCUT2D eigenvalue weighted by Gasteiger charge is 2.40. The van der Waals surface area contributed by atoms with Crippen molar-refractivity contribution in [2.45, 2.75) is 50.7 Å². The van der Waals surface area contributed by atoms with Crippen molar-refractivity contribution < 1.29 is 4.74 Å². The van der Waals surface area contributed by atoms with Crippen LogP contribution in [-0.4, -0.2) is 25.3 Å². The molecular formula is C11H21NO. The van der Waals surface area contributed by atoms with Gasteiger partial charge < -0.3 is 10.1 Å². The summed E-state index contributed by atoms with van der Waals surface area (Å²) >= 11 is 0. The van der Waals surface area contributed by atoms with Gasteiger partial charge in [-0.2, -0.15) is 0 Å². The minimum absolute atomic E-state index is 0.122.